The lowest BCUT2D eigenvalue weighted by atomic mass is 9.97. The van der Waals surface area contributed by atoms with E-state index >= 15 is 0 Å². The van der Waals surface area contributed by atoms with Crippen LogP contribution in [0.5, 0.6) is 0 Å². The van der Waals surface area contributed by atoms with Crippen molar-refractivity contribution in [2.75, 3.05) is 19.0 Å². The van der Waals surface area contributed by atoms with Gasteiger partial charge in [-0.3, -0.25) is 4.79 Å². The molecule has 0 saturated heterocycles. The van der Waals surface area contributed by atoms with E-state index in [0.717, 1.165) is 41.8 Å². The van der Waals surface area contributed by atoms with Gasteiger partial charge in [0.1, 0.15) is 0 Å². The third kappa shape index (κ3) is 3.30. The fourth-order valence-corrected chi connectivity index (χ4v) is 3.72. The van der Waals surface area contributed by atoms with Crippen molar-refractivity contribution in [3.8, 4) is 11.1 Å². The summed E-state index contributed by atoms with van der Waals surface area (Å²) < 4.78 is 2.39. The summed E-state index contributed by atoms with van der Waals surface area (Å²) in [5.41, 5.74) is 12.1. The molecular formula is C21H29N3O. The quantitative estimate of drug-likeness (QED) is 0.817. The highest BCUT2D eigenvalue weighted by Gasteiger charge is 2.32. The normalized spacial score (nSPS) is 13.9. The van der Waals surface area contributed by atoms with Crippen LogP contribution in [0.3, 0.4) is 0 Å². The Hall–Kier alpha value is -2.23. The number of carbonyl (C=O) groups is 1. The van der Waals surface area contributed by atoms with Crippen LogP contribution in [-0.4, -0.2) is 24.6 Å². The lowest BCUT2D eigenvalue weighted by Gasteiger charge is -2.14. The molecule has 0 aliphatic heterocycles. The molecule has 0 radical (unpaired) electrons. The molecule has 1 heterocycles. The number of benzene rings is 1. The van der Waals surface area contributed by atoms with Gasteiger partial charge in [-0.05, 0) is 50.3 Å². The summed E-state index contributed by atoms with van der Waals surface area (Å²) in [6.45, 7) is 4.25. The Bertz CT molecular complexity index is 767. The molecule has 1 aromatic heterocycles. The van der Waals surface area contributed by atoms with Crippen molar-refractivity contribution in [2.45, 2.75) is 52.0 Å². The van der Waals surface area contributed by atoms with Gasteiger partial charge in [0.15, 0.2) is 0 Å². The van der Waals surface area contributed by atoms with E-state index in [-0.39, 0.29) is 5.91 Å². The van der Waals surface area contributed by atoms with Crippen LogP contribution in [0.2, 0.25) is 0 Å². The van der Waals surface area contributed by atoms with Crippen LogP contribution in [0, 0.1) is 6.92 Å². The Morgan fingerprint density at radius 2 is 1.88 bits per heavy atom. The molecule has 134 valence electrons. The van der Waals surface area contributed by atoms with E-state index in [2.05, 4.69) is 40.7 Å². The minimum Gasteiger partial charge on any atom is -0.378 e. The average Bonchev–Trinajstić information content (AvgIpc) is 3.36. The molecule has 1 amide bonds. The first kappa shape index (κ1) is 17.6. The second-order valence-electron chi connectivity index (χ2n) is 7.29. The van der Waals surface area contributed by atoms with Crippen molar-refractivity contribution < 1.29 is 4.79 Å². The highest BCUT2D eigenvalue weighted by Crippen LogP contribution is 2.43. The van der Waals surface area contributed by atoms with Crippen LogP contribution in [0.4, 0.5) is 5.69 Å². The molecule has 0 atom stereocenters. The summed E-state index contributed by atoms with van der Waals surface area (Å²) in [6.07, 6.45) is 5.65. The van der Waals surface area contributed by atoms with Gasteiger partial charge in [0.2, 0.25) is 0 Å². The second-order valence-corrected chi connectivity index (χ2v) is 7.29. The molecule has 2 N–H and O–H groups in total. The molecule has 1 aromatic carbocycles. The molecule has 0 spiro atoms. The number of carbonyl (C=O) groups excluding carboxylic acids is 1. The predicted molar refractivity (Wildman–Crippen MR) is 104 cm³/mol. The molecule has 4 heteroatoms. The largest absolute Gasteiger partial charge is 0.378 e. The number of primary amides is 1. The van der Waals surface area contributed by atoms with Gasteiger partial charge >= 0.3 is 0 Å². The maximum absolute atomic E-state index is 12.3. The second kappa shape index (κ2) is 6.95. The lowest BCUT2D eigenvalue weighted by molar-refractivity contribution is 0.1000. The predicted octanol–water partition coefficient (Wildman–Crippen LogP) is 4.31. The maximum atomic E-state index is 12.3. The lowest BCUT2D eigenvalue weighted by Crippen LogP contribution is -2.13. The average molecular weight is 339 g/mol. The first-order chi connectivity index (χ1) is 12.0. The highest BCUT2D eigenvalue weighted by molar-refractivity contribution is 6.02. The SMILES string of the molecule is CCCCc1c(-c2ccc(N(C)C)cc2)c(C(N)=O)c(C)n1C1CC1. The van der Waals surface area contributed by atoms with Crippen molar-refractivity contribution in [2.24, 2.45) is 5.73 Å². The highest BCUT2D eigenvalue weighted by atomic mass is 16.1. The summed E-state index contributed by atoms with van der Waals surface area (Å²) in [4.78, 5) is 14.4. The van der Waals surface area contributed by atoms with E-state index in [9.17, 15) is 4.79 Å². The summed E-state index contributed by atoms with van der Waals surface area (Å²) in [5, 5.41) is 0. The zero-order valence-electron chi connectivity index (χ0n) is 15.8. The maximum Gasteiger partial charge on any atom is 0.251 e. The number of hydrogen-bond acceptors (Lipinski definition) is 2. The van der Waals surface area contributed by atoms with Gasteiger partial charge in [-0.25, -0.2) is 0 Å². The molecule has 3 rings (SSSR count). The molecule has 1 aliphatic rings. The van der Waals surface area contributed by atoms with Gasteiger partial charge in [0, 0.05) is 42.8 Å². The number of rotatable bonds is 7. The molecule has 1 fully saturated rings. The number of unbranched alkanes of at least 4 members (excludes halogenated alkanes) is 1. The Morgan fingerprint density at radius 3 is 2.36 bits per heavy atom. The van der Waals surface area contributed by atoms with Crippen LogP contribution in [0.25, 0.3) is 11.1 Å². The molecular weight excluding hydrogens is 310 g/mol. The number of aromatic nitrogens is 1. The van der Waals surface area contributed by atoms with Crippen LogP contribution >= 0.6 is 0 Å². The summed E-state index contributed by atoms with van der Waals surface area (Å²) >= 11 is 0. The summed E-state index contributed by atoms with van der Waals surface area (Å²) in [6, 6.07) is 8.98. The van der Waals surface area contributed by atoms with Gasteiger partial charge in [-0.2, -0.15) is 0 Å². The first-order valence-corrected chi connectivity index (χ1v) is 9.26. The Balaban J connectivity index is 2.18. The number of hydrogen-bond donors (Lipinski definition) is 1. The van der Waals surface area contributed by atoms with Crippen molar-refractivity contribution in [1.29, 1.82) is 0 Å². The third-order valence-electron chi connectivity index (χ3n) is 5.15. The smallest absolute Gasteiger partial charge is 0.251 e. The van der Waals surface area contributed by atoms with Crippen LogP contribution < -0.4 is 10.6 Å². The van der Waals surface area contributed by atoms with E-state index in [1.807, 2.05) is 21.0 Å². The Labute approximate surface area is 150 Å². The number of anilines is 1. The zero-order chi connectivity index (χ0) is 18.1. The van der Waals surface area contributed by atoms with Gasteiger partial charge in [-0.15, -0.1) is 0 Å². The summed E-state index contributed by atoms with van der Waals surface area (Å²) in [7, 11) is 4.06. The van der Waals surface area contributed by atoms with Crippen LogP contribution in [0.1, 0.15) is 60.4 Å². The van der Waals surface area contributed by atoms with E-state index < -0.39 is 0 Å². The number of nitrogens with zero attached hydrogens (tertiary/aromatic N) is 2. The van der Waals surface area contributed by atoms with Gasteiger partial charge in [-0.1, -0.05) is 25.5 Å². The van der Waals surface area contributed by atoms with Gasteiger partial charge in [0.05, 0.1) is 5.56 Å². The van der Waals surface area contributed by atoms with E-state index in [1.165, 1.54) is 18.5 Å². The third-order valence-corrected chi connectivity index (χ3v) is 5.15. The van der Waals surface area contributed by atoms with E-state index in [1.54, 1.807) is 0 Å². The topological polar surface area (TPSA) is 51.3 Å². The summed E-state index contributed by atoms with van der Waals surface area (Å²) in [5.74, 6) is -0.318. The molecule has 0 bridgehead atoms. The van der Waals surface area contributed by atoms with E-state index in [4.69, 9.17) is 5.73 Å². The van der Waals surface area contributed by atoms with Crippen molar-refractivity contribution >= 4 is 11.6 Å². The van der Waals surface area contributed by atoms with Crippen molar-refractivity contribution in [1.82, 2.24) is 4.57 Å². The Kier molecular flexibility index (Phi) is 4.89. The number of nitrogens with two attached hydrogens (primary N) is 1. The molecule has 4 nitrogen and oxygen atoms in total. The van der Waals surface area contributed by atoms with Crippen LogP contribution in [0.15, 0.2) is 24.3 Å². The molecule has 1 aliphatic carbocycles. The van der Waals surface area contributed by atoms with Gasteiger partial charge in [0.25, 0.3) is 5.91 Å². The van der Waals surface area contributed by atoms with Crippen molar-refractivity contribution in [3.05, 3.63) is 41.2 Å². The minimum atomic E-state index is -0.318. The monoisotopic (exact) mass is 339 g/mol. The first-order valence-electron chi connectivity index (χ1n) is 9.26. The number of amides is 1. The minimum absolute atomic E-state index is 0.318. The fourth-order valence-electron chi connectivity index (χ4n) is 3.72. The molecule has 2 aromatic rings. The zero-order valence-corrected chi connectivity index (χ0v) is 15.8. The van der Waals surface area contributed by atoms with Gasteiger partial charge < -0.3 is 15.2 Å². The molecule has 25 heavy (non-hydrogen) atoms. The molecule has 1 saturated carbocycles. The van der Waals surface area contributed by atoms with Crippen LogP contribution in [-0.2, 0) is 6.42 Å². The fraction of sp³-hybridized carbons (Fsp3) is 0.476. The Morgan fingerprint density at radius 1 is 1.24 bits per heavy atom. The van der Waals surface area contributed by atoms with Crippen molar-refractivity contribution in [3.63, 3.8) is 0 Å². The molecule has 0 unspecified atom stereocenters. The standard InChI is InChI=1S/C21H29N3O/c1-5-6-7-18-20(15-8-10-16(11-9-15)23(3)4)19(21(22)25)14(2)24(18)17-12-13-17/h8-11,17H,5-7,12-13H2,1-4H3,(H2,22,25). The van der Waals surface area contributed by atoms with E-state index in [0.29, 0.717) is 11.6 Å².